The maximum atomic E-state index is 11.9. The van der Waals surface area contributed by atoms with Crippen LogP contribution in [-0.4, -0.2) is 43.9 Å². The maximum Gasteiger partial charge on any atom is 0.231 e. The maximum absolute atomic E-state index is 11.9. The molecule has 0 bridgehead atoms. The molecule has 1 unspecified atom stereocenters. The highest BCUT2D eigenvalue weighted by atomic mass is 35.5. The van der Waals surface area contributed by atoms with Crippen molar-refractivity contribution in [2.45, 2.75) is 12.8 Å². The van der Waals surface area contributed by atoms with Gasteiger partial charge in [0.2, 0.25) is 26.2 Å². The van der Waals surface area contributed by atoms with E-state index in [0.717, 1.165) is 37.0 Å². The van der Waals surface area contributed by atoms with E-state index in [1.54, 1.807) is 0 Å². The van der Waals surface area contributed by atoms with E-state index in [1.807, 2.05) is 0 Å². The van der Waals surface area contributed by atoms with E-state index in [4.69, 9.17) is 0 Å². The van der Waals surface area contributed by atoms with Crippen molar-refractivity contribution in [3.63, 3.8) is 0 Å². The number of sulfonamides is 1. The molecule has 0 spiro atoms. The summed E-state index contributed by atoms with van der Waals surface area (Å²) in [6.45, 7) is 1.59. The molecule has 11 heteroatoms. The Morgan fingerprint density at radius 1 is 1.40 bits per heavy atom. The van der Waals surface area contributed by atoms with Crippen LogP contribution in [0.3, 0.4) is 0 Å². The van der Waals surface area contributed by atoms with Gasteiger partial charge in [-0.3, -0.25) is 9.52 Å². The first-order valence-corrected chi connectivity index (χ1v) is 8.48. The number of amides is 1. The van der Waals surface area contributed by atoms with E-state index in [-0.39, 0.29) is 29.4 Å². The van der Waals surface area contributed by atoms with Gasteiger partial charge in [0.05, 0.1) is 12.2 Å². The molecule has 1 atom stereocenters. The molecule has 0 aromatic carbocycles. The third-order valence-electron chi connectivity index (χ3n) is 2.60. The zero-order valence-electron chi connectivity index (χ0n) is 10.7. The quantitative estimate of drug-likeness (QED) is 0.724. The van der Waals surface area contributed by atoms with E-state index >= 15 is 0 Å². The number of carbonyl (C=O) groups is 1. The van der Waals surface area contributed by atoms with Crippen molar-refractivity contribution in [2.75, 3.05) is 29.4 Å². The van der Waals surface area contributed by atoms with Crippen LogP contribution in [0.1, 0.15) is 12.8 Å². The topological polar surface area (TPSA) is 113 Å². The summed E-state index contributed by atoms with van der Waals surface area (Å²) < 4.78 is 24.2. The highest BCUT2D eigenvalue weighted by molar-refractivity contribution is 7.92. The molecule has 1 aromatic rings. The van der Waals surface area contributed by atoms with Crippen LogP contribution in [0.5, 0.6) is 0 Å². The molecule has 2 heterocycles. The fourth-order valence-corrected chi connectivity index (χ4v) is 3.23. The number of halogens is 1. The number of hydrogen-bond acceptors (Lipinski definition) is 7. The van der Waals surface area contributed by atoms with Gasteiger partial charge in [-0.1, -0.05) is 11.3 Å². The van der Waals surface area contributed by atoms with E-state index in [9.17, 15) is 13.2 Å². The Balaban J connectivity index is 0.00000200. The van der Waals surface area contributed by atoms with E-state index in [1.165, 1.54) is 0 Å². The minimum Gasteiger partial charge on any atom is -0.316 e. The molecule has 8 nitrogen and oxygen atoms in total. The van der Waals surface area contributed by atoms with E-state index in [2.05, 4.69) is 25.6 Å². The van der Waals surface area contributed by atoms with E-state index < -0.39 is 10.0 Å². The summed E-state index contributed by atoms with van der Waals surface area (Å²) in [6.07, 6.45) is 2.83. The molecule has 20 heavy (non-hydrogen) atoms. The Kier molecular flexibility index (Phi) is 6.11. The zero-order chi connectivity index (χ0) is 13.9. The van der Waals surface area contributed by atoms with Gasteiger partial charge < -0.3 is 10.6 Å². The molecule has 0 aliphatic carbocycles. The second kappa shape index (κ2) is 7.16. The van der Waals surface area contributed by atoms with Gasteiger partial charge in [-0.2, -0.15) is 0 Å². The molecule has 3 N–H and O–H groups in total. The number of hydrogen-bond donors (Lipinski definition) is 3. The first-order chi connectivity index (χ1) is 8.94. The van der Waals surface area contributed by atoms with Gasteiger partial charge in [-0.05, 0) is 19.4 Å². The van der Waals surface area contributed by atoms with Gasteiger partial charge in [-0.15, -0.1) is 22.6 Å². The normalized spacial score (nSPS) is 18.9. The molecule has 1 fully saturated rings. The highest BCUT2D eigenvalue weighted by Crippen LogP contribution is 2.22. The molecule has 1 aliphatic heterocycles. The van der Waals surface area contributed by atoms with Crippen molar-refractivity contribution in [1.29, 1.82) is 0 Å². The number of nitrogens with zero attached hydrogens (tertiary/aromatic N) is 2. The van der Waals surface area contributed by atoms with Crippen LogP contribution >= 0.6 is 23.7 Å². The lowest BCUT2D eigenvalue weighted by atomic mass is 9.99. The first kappa shape index (κ1) is 17.1. The van der Waals surface area contributed by atoms with Crippen molar-refractivity contribution < 1.29 is 13.2 Å². The second-order valence-electron chi connectivity index (χ2n) is 4.32. The van der Waals surface area contributed by atoms with E-state index in [0.29, 0.717) is 11.7 Å². The number of aromatic nitrogens is 2. The van der Waals surface area contributed by atoms with Crippen LogP contribution < -0.4 is 15.4 Å². The van der Waals surface area contributed by atoms with Crippen molar-refractivity contribution >= 4 is 49.9 Å². The van der Waals surface area contributed by atoms with Gasteiger partial charge in [0.15, 0.2) is 0 Å². The summed E-state index contributed by atoms with van der Waals surface area (Å²) in [5, 5.41) is 13.6. The van der Waals surface area contributed by atoms with Gasteiger partial charge in [0.1, 0.15) is 0 Å². The SMILES string of the molecule is CS(=O)(=O)Nc1nnc(NC(=O)C2CCCNC2)s1.Cl. The molecule has 1 saturated heterocycles. The Morgan fingerprint density at radius 2 is 2.10 bits per heavy atom. The molecule has 0 saturated carbocycles. The predicted molar refractivity (Wildman–Crippen MR) is 79.8 cm³/mol. The lowest BCUT2D eigenvalue weighted by Crippen LogP contribution is -2.37. The number of anilines is 2. The average Bonchev–Trinajstić information content (AvgIpc) is 2.75. The van der Waals surface area contributed by atoms with Crippen LogP contribution in [0.25, 0.3) is 0 Å². The fraction of sp³-hybridized carbons (Fsp3) is 0.667. The lowest BCUT2D eigenvalue weighted by Gasteiger charge is -2.20. The summed E-state index contributed by atoms with van der Waals surface area (Å²) in [5.41, 5.74) is 0. The van der Waals surface area contributed by atoms with Gasteiger partial charge in [0.25, 0.3) is 0 Å². The van der Waals surface area contributed by atoms with Gasteiger partial charge >= 0.3 is 0 Å². The molecule has 1 aromatic heterocycles. The van der Waals surface area contributed by atoms with Crippen LogP contribution in [0.15, 0.2) is 0 Å². The lowest BCUT2D eigenvalue weighted by molar-refractivity contribution is -0.120. The molecule has 2 rings (SSSR count). The number of nitrogens with one attached hydrogen (secondary N) is 3. The monoisotopic (exact) mass is 341 g/mol. The Morgan fingerprint density at radius 3 is 2.70 bits per heavy atom. The highest BCUT2D eigenvalue weighted by Gasteiger charge is 2.22. The molecular formula is C9H16ClN5O3S2. The summed E-state index contributed by atoms with van der Waals surface area (Å²) in [4.78, 5) is 11.9. The van der Waals surface area contributed by atoms with Crippen LogP contribution in [0.2, 0.25) is 0 Å². The fourth-order valence-electron chi connectivity index (χ4n) is 1.76. The van der Waals surface area contributed by atoms with Crippen LogP contribution in [-0.2, 0) is 14.8 Å². The Bertz CT molecular complexity index is 556. The van der Waals surface area contributed by atoms with Gasteiger partial charge in [0, 0.05) is 6.54 Å². The van der Waals surface area contributed by atoms with Gasteiger partial charge in [-0.25, -0.2) is 8.42 Å². The van der Waals surface area contributed by atoms with Crippen molar-refractivity contribution in [1.82, 2.24) is 15.5 Å². The Hall–Kier alpha value is -0.970. The number of rotatable bonds is 4. The third-order valence-corrected chi connectivity index (χ3v) is 4.04. The molecule has 1 aliphatic rings. The molecule has 0 radical (unpaired) electrons. The summed E-state index contributed by atoms with van der Waals surface area (Å²) in [6, 6.07) is 0. The third kappa shape index (κ3) is 5.19. The number of piperidine rings is 1. The van der Waals surface area contributed by atoms with Crippen molar-refractivity contribution in [3.05, 3.63) is 0 Å². The summed E-state index contributed by atoms with van der Waals surface area (Å²) in [7, 11) is -3.38. The summed E-state index contributed by atoms with van der Waals surface area (Å²) in [5.74, 6) is -0.196. The average molecular weight is 342 g/mol. The second-order valence-corrected chi connectivity index (χ2v) is 7.05. The Labute approximate surface area is 127 Å². The minimum absolute atomic E-state index is 0. The minimum atomic E-state index is -3.38. The van der Waals surface area contributed by atoms with Crippen LogP contribution in [0, 0.1) is 5.92 Å². The molecule has 114 valence electrons. The number of carbonyl (C=O) groups excluding carboxylic acids is 1. The first-order valence-electron chi connectivity index (χ1n) is 5.77. The summed E-state index contributed by atoms with van der Waals surface area (Å²) >= 11 is 0.987. The largest absolute Gasteiger partial charge is 0.316 e. The molecular weight excluding hydrogens is 326 g/mol. The standard InChI is InChI=1S/C9H15N5O3S2.ClH/c1-19(16,17)14-9-13-12-8(18-9)11-7(15)6-3-2-4-10-5-6;/h6,10H,2-5H2,1H3,(H,13,14)(H,11,12,15);1H. The predicted octanol–water partition coefficient (Wildman–Crippen LogP) is 0.269. The van der Waals surface area contributed by atoms with Crippen molar-refractivity contribution in [2.24, 2.45) is 5.92 Å². The van der Waals surface area contributed by atoms with Crippen molar-refractivity contribution in [3.8, 4) is 0 Å². The smallest absolute Gasteiger partial charge is 0.231 e. The van der Waals surface area contributed by atoms with Crippen LogP contribution in [0.4, 0.5) is 10.3 Å². The molecule has 1 amide bonds. The zero-order valence-corrected chi connectivity index (χ0v) is 13.2.